The van der Waals surface area contributed by atoms with Crippen LogP contribution >= 0.6 is 0 Å². The third-order valence-electron chi connectivity index (χ3n) is 6.78. The number of nitrogens with zero attached hydrogens (tertiary/aromatic N) is 2. The average molecular weight is 342 g/mol. The molecule has 3 fully saturated rings. The van der Waals surface area contributed by atoms with E-state index in [1.54, 1.807) is 6.21 Å². The molecule has 1 aliphatic heterocycles. The lowest BCUT2D eigenvalue weighted by Gasteiger charge is -2.37. The van der Waals surface area contributed by atoms with Gasteiger partial charge in [-0.25, -0.2) is 0 Å². The van der Waals surface area contributed by atoms with Crippen LogP contribution in [-0.2, 0) is 9.59 Å². The summed E-state index contributed by atoms with van der Waals surface area (Å²) in [6, 6.07) is 14.0. The number of amides is 2. The quantitative estimate of drug-likeness (QED) is 0.478. The van der Waals surface area contributed by atoms with Gasteiger partial charge in [-0.05, 0) is 40.9 Å². The predicted octanol–water partition coefficient (Wildman–Crippen LogP) is 3.23. The molecule has 4 heteroatoms. The zero-order valence-corrected chi connectivity index (χ0v) is 14.2. The second kappa shape index (κ2) is 4.91. The van der Waals surface area contributed by atoms with Crippen LogP contribution in [0.3, 0.4) is 0 Å². The third kappa shape index (κ3) is 1.77. The number of carbonyl (C=O) groups is 2. The first-order chi connectivity index (χ1) is 12.7. The Labute approximate surface area is 151 Å². The first-order valence-electron chi connectivity index (χ1n) is 9.32. The number of carbonyl (C=O) groups excluding carboxylic acids is 2. The fraction of sp³-hybridized carbons (Fsp3) is 0.318. The highest BCUT2D eigenvalue weighted by Crippen LogP contribution is 2.65. The Hall–Kier alpha value is -2.75. The zero-order chi connectivity index (χ0) is 17.4. The van der Waals surface area contributed by atoms with Crippen molar-refractivity contribution in [2.24, 2.45) is 40.6 Å². The van der Waals surface area contributed by atoms with Crippen molar-refractivity contribution in [2.45, 2.75) is 6.42 Å². The lowest BCUT2D eigenvalue weighted by molar-refractivity contribution is -0.140. The van der Waals surface area contributed by atoms with E-state index in [1.165, 1.54) is 6.42 Å². The number of benzene rings is 2. The summed E-state index contributed by atoms with van der Waals surface area (Å²) in [5, 5.41) is 7.68. The summed E-state index contributed by atoms with van der Waals surface area (Å²) < 4.78 is 0. The van der Waals surface area contributed by atoms with Crippen molar-refractivity contribution >= 4 is 28.8 Å². The average Bonchev–Trinajstić information content (AvgIpc) is 3.45. The Bertz CT molecular complexity index is 982. The molecule has 26 heavy (non-hydrogen) atoms. The van der Waals surface area contributed by atoms with Gasteiger partial charge in [-0.3, -0.25) is 9.59 Å². The van der Waals surface area contributed by atoms with Gasteiger partial charge in [0, 0.05) is 5.56 Å². The molecule has 2 aromatic carbocycles. The minimum absolute atomic E-state index is 0.110. The van der Waals surface area contributed by atoms with Gasteiger partial charge in [0.1, 0.15) is 0 Å². The van der Waals surface area contributed by atoms with Crippen LogP contribution in [0.1, 0.15) is 12.0 Å². The lowest BCUT2D eigenvalue weighted by Crippen LogP contribution is -2.40. The monoisotopic (exact) mass is 342 g/mol. The first kappa shape index (κ1) is 14.4. The van der Waals surface area contributed by atoms with Crippen molar-refractivity contribution in [1.29, 1.82) is 0 Å². The molecule has 0 spiro atoms. The van der Waals surface area contributed by atoms with Crippen LogP contribution in [0.4, 0.5) is 0 Å². The largest absolute Gasteiger partial charge is 0.272 e. The van der Waals surface area contributed by atoms with Crippen LogP contribution < -0.4 is 0 Å². The Balaban J connectivity index is 1.36. The molecule has 0 unspecified atom stereocenters. The summed E-state index contributed by atoms with van der Waals surface area (Å²) in [4.78, 5) is 25.9. The maximum atomic E-state index is 12.9. The van der Waals surface area contributed by atoms with Crippen molar-refractivity contribution in [3.8, 4) is 0 Å². The molecule has 2 amide bonds. The lowest BCUT2D eigenvalue weighted by atomic mass is 9.63. The second-order valence-electron chi connectivity index (χ2n) is 7.96. The van der Waals surface area contributed by atoms with Crippen LogP contribution in [0, 0.1) is 35.5 Å². The normalized spacial score (nSPS) is 36.8. The van der Waals surface area contributed by atoms with E-state index in [0.29, 0.717) is 11.8 Å². The molecule has 2 bridgehead atoms. The van der Waals surface area contributed by atoms with Gasteiger partial charge in [-0.2, -0.15) is 10.1 Å². The van der Waals surface area contributed by atoms with Crippen molar-refractivity contribution in [3.63, 3.8) is 0 Å². The number of hydrogen-bond acceptors (Lipinski definition) is 3. The molecule has 2 aromatic rings. The van der Waals surface area contributed by atoms with Gasteiger partial charge in [0.2, 0.25) is 0 Å². The van der Waals surface area contributed by atoms with Crippen LogP contribution in [0.2, 0.25) is 0 Å². The summed E-state index contributed by atoms with van der Waals surface area (Å²) >= 11 is 0. The second-order valence-corrected chi connectivity index (χ2v) is 7.96. The smallest absolute Gasteiger partial charge is 0.254 e. The topological polar surface area (TPSA) is 49.7 Å². The SMILES string of the molecule is O=C1[C@@H]2[C@H]3C=C[C@@H]([C@@H]4C[C@@H]34)[C@@H]2C(=O)N1/N=C\c1cccc2ccccc12. The van der Waals surface area contributed by atoms with Gasteiger partial charge < -0.3 is 0 Å². The summed E-state index contributed by atoms with van der Waals surface area (Å²) in [6.07, 6.45) is 7.20. The highest BCUT2D eigenvalue weighted by molar-refractivity contribution is 6.07. The highest BCUT2D eigenvalue weighted by atomic mass is 16.2. The van der Waals surface area contributed by atoms with Crippen molar-refractivity contribution < 1.29 is 9.59 Å². The molecule has 4 nitrogen and oxygen atoms in total. The molecular formula is C22H18N2O2. The maximum absolute atomic E-state index is 12.9. The van der Waals surface area contributed by atoms with Crippen molar-refractivity contribution in [2.75, 3.05) is 0 Å². The molecule has 1 heterocycles. The van der Waals surface area contributed by atoms with Crippen molar-refractivity contribution in [1.82, 2.24) is 5.01 Å². The van der Waals surface area contributed by atoms with Gasteiger partial charge in [0.05, 0.1) is 18.1 Å². The van der Waals surface area contributed by atoms with Crippen LogP contribution in [0.5, 0.6) is 0 Å². The van der Waals surface area contributed by atoms with Crippen molar-refractivity contribution in [3.05, 3.63) is 60.2 Å². The molecule has 4 aliphatic carbocycles. The Morgan fingerprint density at radius 1 is 0.885 bits per heavy atom. The van der Waals surface area contributed by atoms with E-state index >= 15 is 0 Å². The summed E-state index contributed by atoms with van der Waals surface area (Å²) in [5.41, 5.74) is 0.919. The molecule has 0 aromatic heterocycles. The van der Waals surface area contributed by atoms with Crippen LogP contribution in [0.25, 0.3) is 10.8 Å². The Kier molecular flexibility index (Phi) is 2.72. The fourth-order valence-corrected chi connectivity index (χ4v) is 5.54. The van der Waals surface area contributed by atoms with Crippen LogP contribution in [0.15, 0.2) is 59.7 Å². The molecule has 7 rings (SSSR count). The maximum Gasteiger partial charge on any atom is 0.254 e. The minimum atomic E-state index is -0.189. The number of fused-ring (bicyclic) bond motifs is 1. The van der Waals surface area contributed by atoms with Gasteiger partial charge in [-0.15, -0.1) is 0 Å². The zero-order valence-electron chi connectivity index (χ0n) is 14.2. The van der Waals surface area contributed by atoms with E-state index in [4.69, 9.17) is 0 Å². The molecule has 5 aliphatic rings. The number of imide groups is 1. The predicted molar refractivity (Wildman–Crippen MR) is 98.1 cm³/mol. The highest BCUT2D eigenvalue weighted by Gasteiger charge is 2.67. The van der Waals surface area contributed by atoms with Gasteiger partial charge in [0.15, 0.2) is 0 Å². The van der Waals surface area contributed by atoms with E-state index in [0.717, 1.165) is 21.3 Å². The standard InChI is InChI=1S/C22H18N2O2/c25-21-19-15-8-9-16(18-10-17(15)18)20(19)22(26)24(21)23-11-13-6-3-5-12-4-1-2-7-14(12)13/h1-9,11,15-20H,10H2/b23-11-/t15-,16-,17-,18-,19-,20+/m0/s1. The number of allylic oxidation sites excluding steroid dienone is 2. The number of hydrogen-bond donors (Lipinski definition) is 0. The van der Waals surface area contributed by atoms with E-state index in [-0.39, 0.29) is 35.5 Å². The Morgan fingerprint density at radius 2 is 1.54 bits per heavy atom. The Morgan fingerprint density at radius 3 is 2.27 bits per heavy atom. The van der Waals surface area contributed by atoms with E-state index in [2.05, 4.69) is 17.3 Å². The molecule has 6 atom stereocenters. The van der Waals surface area contributed by atoms with E-state index in [9.17, 15) is 9.59 Å². The first-order valence-corrected chi connectivity index (χ1v) is 9.32. The van der Waals surface area contributed by atoms with Gasteiger partial charge in [-0.1, -0.05) is 54.6 Å². The summed E-state index contributed by atoms with van der Waals surface area (Å²) in [6.45, 7) is 0. The summed E-state index contributed by atoms with van der Waals surface area (Å²) in [7, 11) is 0. The van der Waals surface area contributed by atoms with Gasteiger partial charge in [0.25, 0.3) is 11.8 Å². The van der Waals surface area contributed by atoms with E-state index in [1.807, 2.05) is 42.5 Å². The number of rotatable bonds is 2. The van der Waals surface area contributed by atoms with E-state index < -0.39 is 0 Å². The molecular weight excluding hydrogens is 324 g/mol. The molecule has 128 valence electrons. The molecule has 1 saturated heterocycles. The minimum Gasteiger partial charge on any atom is -0.272 e. The molecule has 0 N–H and O–H groups in total. The number of hydrazone groups is 1. The fourth-order valence-electron chi connectivity index (χ4n) is 5.54. The van der Waals surface area contributed by atoms with Crippen LogP contribution in [-0.4, -0.2) is 23.0 Å². The van der Waals surface area contributed by atoms with Gasteiger partial charge >= 0.3 is 0 Å². The summed E-state index contributed by atoms with van der Waals surface area (Å²) in [5.74, 6) is 1.11. The molecule has 2 saturated carbocycles. The third-order valence-corrected chi connectivity index (χ3v) is 6.78. The molecule has 0 radical (unpaired) electrons.